The molecule has 1 fully saturated rings. The molecule has 1 saturated heterocycles. The molecule has 128 valence electrons. The zero-order chi connectivity index (χ0) is 16.7. The summed E-state index contributed by atoms with van der Waals surface area (Å²) < 4.78 is 0. The predicted molar refractivity (Wildman–Crippen MR) is 95.2 cm³/mol. The van der Waals surface area contributed by atoms with Gasteiger partial charge in [0.25, 0.3) is 0 Å². The number of amides is 1. The number of nitrogens with zero attached hydrogens (tertiary/aromatic N) is 1. The van der Waals surface area contributed by atoms with Crippen molar-refractivity contribution in [3.8, 4) is 0 Å². The van der Waals surface area contributed by atoms with Crippen LogP contribution in [0.3, 0.4) is 0 Å². The predicted octanol–water partition coefficient (Wildman–Crippen LogP) is 2.40. The van der Waals surface area contributed by atoms with Gasteiger partial charge in [-0.15, -0.1) is 0 Å². The Labute approximate surface area is 140 Å². The Kier molecular flexibility index (Phi) is 7.06. The van der Waals surface area contributed by atoms with Gasteiger partial charge in [-0.2, -0.15) is 0 Å². The van der Waals surface area contributed by atoms with Crippen LogP contribution < -0.4 is 10.6 Å². The van der Waals surface area contributed by atoms with E-state index in [9.17, 15) is 4.79 Å². The van der Waals surface area contributed by atoms with Crippen LogP contribution in [0.25, 0.3) is 0 Å². The number of piperidine rings is 1. The Hall–Kier alpha value is -1.39. The first-order valence-corrected chi connectivity index (χ1v) is 8.81. The highest BCUT2D eigenvalue weighted by molar-refractivity contribution is 5.78. The molecule has 0 spiro atoms. The first-order chi connectivity index (χ1) is 11.1. The Balaban J connectivity index is 1.67. The van der Waals surface area contributed by atoms with Gasteiger partial charge in [0.2, 0.25) is 5.91 Å². The van der Waals surface area contributed by atoms with Crippen LogP contribution in [0, 0.1) is 5.92 Å². The van der Waals surface area contributed by atoms with E-state index in [0.717, 1.165) is 38.9 Å². The van der Waals surface area contributed by atoms with E-state index in [2.05, 4.69) is 60.7 Å². The number of nitrogens with one attached hydrogen (secondary N) is 2. The first-order valence-electron chi connectivity index (χ1n) is 8.81. The van der Waals surface area contributed by atoms with Crippen molar-refractivity contribution in [2.24, 2.45) is 5.92 Å². The second-order valence-corrected chi connectivity index (χ2v) is 6.91. The maximum Gasteiger partial charge on any atom is 0.223 e. The van der Waals surface area contributed by atoms with Gasteiger partial charge in [0.05, 0.1) is 0 Å². The van der Waals surface area contributed by atoms with E-state index in [1.165, 1.54) is 5.56 Å². The van der Waals surface area contributed by atoms with Crippen molar-refractivity contribution in [1.82, 2.24) is 15.5 Å². The van der Waals surface area contributed by atoms with Crippen LogP contribution in [0.15, 0.2) is 30.3 Å². The molecule has 1 aromatic carbocycles. The molecule has 1 aliphatic rings. The van der Waals surface area contributed by atoms with Crippen molar-refractivity contribution >= 4 is 5.91 Å². The maximum absolute atomic E-state index is 12.2. The Morgan fingerprint density at radius 1 is 1.39 bits per heavy atom. The molecule has 4 nitrogen and oxygen atoms in total. The lowest BCUT2D eigenvalue weighted by atomic mass is 9.92. The molecule has 2 rings (SSSR count). The van der Waals surface area contributed by atoms with Crippen molar-refractivity contribution in [2.75, 3.05) is 20.1 Å². The number of carbonyl (C=O) groups excluding carboxylic acids is 1. The summed E-state index contributed by atoms with van der Waals surface area (Å²) in [5.41, 5.74) is 1.33. The minimum absolute atomic E-state index is 0.184. The number of rotatable bonds is 7. The first kappa shape index (κ1) is 18.0. The Bertz CT molecular complexity index is 477. The standard InChI is InChI=1S/C19H31N3O/c1-15-13-18(10-12-20-15)19(23)21-11-9-16(2)22(3)14-17-7-5-4-6-8-17/h4-8,15-16,18,20H,9-14H2,1-3H3,(H,21,23)/t15-,16?,18-/m0/s1. The lowest BCUT2D eigenvalue weighted by molar-refractivity contribution is -0.126. The molecule has 0 aromatic heterocycles. The fourth-order valence-corrected chi connectivity index (χ4v) is 3.17. The van der Waals surface area contributed by atoms with Crippen LogP contribution >= 0.6 is 0 Å². The molecule has 0 radical (unpaired) electrons. The highest BCUT2D eigenvalue weighted by Crippen LogP contribution is 2.16. The topological polar surface area (TPSA) is 44.4 Å². The maximum atomic E-state index is 12.2. The normalized spacial score (nSPS) is 22.8. The van der Waals surface area contributed by atoms with Crippen molar-refractivity contribution in [1.29, 1.82) is 0 Å². The molecule has 1 aromatic rings. The smallest absolute Gasteiger partial charge is 0.223 e. The highest BCUT2D eigenvalue weighted by Gasteiger charge is 2.24. The van der Waals surface area contributed by atoms with Crippen molar-refractivity contribution < 1.29 is 4.79 Å². The summed E-state index contributed by atoms with van der Waals surface area (Å²) in [6, 6.07) is 11.4. The second kappa shape index (κ2) is 9.04. The van der Waals surface area contributed by atoms with Gasteiger partial charge >= 0.3 is 0 Å². The quantitative estimate of drug-likeness (QED) is 0.812. The summed E-state index contributed by atoms with van der Waals surface area (Å²) in [4.78, 5) is 14.6. The van der Waals surface area contributed by atoms with Crippen molar-refractivity contribution in [3.63, 3.8) is 0 Å². The Morgan fingerprint density at radius 3 is 2.83 bits per heavy atom. The molecule has 0 bridgehead atoms. The van der Waals surface area contributed by atoms with E-state index >= 15 is 0 Å². The van der Waals surface area contributed by atoms with E-state index in [1.807, 2.05) is 6.07 Å². The summed E-state index contributed by atoms with van der Waals surface area (Å²) in [6.45, 7) is 7.04. The minimum atomic E-state index is 0.184. The van der Waals surface area contributed by atoms with Crippen LogP contribution in [0.4, 0.5) is 0 Å². The molecule has 3 atom stereocenters. The van der Waals surface area contributed by atoms with Gasteiger partial charge in [0.15, 0.2) is 0 Å². The molecular formula is C19H31N3O. The highest BCUT2D eigenvalue weighted by atomic mass is 16.1. The summed E-state index contributed by atoms with van der Waals surface area (Å²) >= 11 is 0. The molecule has 1 aliphatic heterocycles. The van der Waals surface area contributed by atoms with E-state index in [-0.39, 0.29) is 11.8 Å². The third-order valence-corrected chi connectivity index (χ3v) is 4.88. The van der Waals surface area contributed by atoms with Crippen LogP contribution in [-0.4, -0.2) is 43.0 Å². The van der Waals surface area contributed by atoms with Crippen LogP contribution in [0.2, 0.25) is 0 Å². The minimum Gasteiger partial charge on any atom is -0.356 e. The van der Waals surface area contributed by atoms with E-state index in [4.69, 9.17) is 0 Å². The number of hydrogen-bond acceptors (Lipinski definition) is 3. The fourth-order valence-electron chi connectivity index (χ4n) is 3.17. The number of benzene rings is 1. The van der Waals surface area contributed by atoms with Gasteiger partial charge in [-0.25, -0.2) is 0 Å². The van der Waals surface area contributed by atoms with Gasteiger partial charge in [-0.1, -0.05) is 30.3 Å². The Morgan fingerprint density at radius 2 is 2.13 bits per heavy atom. The summed E-state index contributed by atoms with van der Waals surface area (Å²) in [5, 5.41) is 6.52. The number of carbonyl (C=O) groups is 1. The molecular weight excluding hydrogens is 286 g/mol. The largest absolute Gasteiger partial charge is 0.356 e. The van der Waals surface area contributed by atoms with Crippen LogP contribution in [-0.2, 0) is 11.3 Å². The van der Waals surface area contributed by atoms with Gasteiger partial charge in [0.1, 0.15) is 0 Å². The lowest BCUT2D eigenvalue weighted by Gasteiger charge is -2.28. The molecule has 2 N–H and O–H groups in total. The summed E-state index contributed by atoms with van der Waals surface area (Å²) in [6.07, 6.45) is 2.89. The molecule has 4 heteroatoms. The fraction of sp³-hybridized carbons (Fsp3) is 0.632. The van der Waals surface area contributed by atoms with Gasteiger partial charge in [-0.05, 0) is 52.3 Å². The zero-order valence-corrected chi connectivity index (χ0v) is 14.7. The SMILES string of the molecule is CC(CCNC(=O)[C@H]1CCN[C@@H](C)C1)N(C)Cc1ccccc1. The van der Waals surface area contributed by atoms with Crippen molar-refractivity contribution in [3.05, 3.63) is 35.9 Å². The average Bonchev–Trinajstić information content (AvgIpc) is 2.55. The summed E-state index contributed by atoms with van der Waals surface area (Å²) in [5.74, 6) is 0.417. The zero-order valence-electron chi connectivity index (χ0n) is 14.7. The van der Waals surface area contributed by atoms with Crippen LogP contribution in [0.1, 0.15) is 38.7 Å². The number of hydrogen-bond donors (Lipinski definition) is 2. The molecule has 23 heavy (non-hydrogen) atoms. The van der Waals surface area contributed by atoms with Gasteiger partial charge in [0, 0.05) is 31.1 Å². The molecule has 1 amide bonds. The third-order valence-electron chi connectivity index (χ3n) is 4.88. The third kappa shape index (κ3) is 5.96. The molecule has 0 aliphatic carbocycles. The van der Waals surface area contributed by atoms with Crippen molar-refractivity contribution in [2.45, 2.75) is 51.7 Å². The summed E-state index contributed by atoms with van der Waals surface area (Å²) in [7, 11) is 2.15. The van der Waals surface area contributed by atoms with Gasteiger partial charge in [-0.3, -0.25) is 9.69 Å². The van der Waals surface area contributed by atoms with Gasteiger partial charge < -0.3 is 10.6 Å². The van der Waals surface area contributed by atoms with Crippen LogP contribution in [0.5, 0.6) is 0 Å². The van der Waals surface area contributed by atoms with E-state index in [0.29, 0.717) is 12.1 Å². The molecule has 1 unspecified atom stereocenters. The average molecular weight is 317 g/mol. The lowest BCUT2D eigenvalue weighted by Crippen LogP contribution is -2.43. The molecule has 1 heterocycles. The second-order valence-electron chi connectivity index (χ2n) is 6.91. The monoisotopic (exact) mass is 317 g/mol. The van der Waals surface area contributed by atoms with E-state index < -0.39 is 0 Å². The molecule has 0 saturated carbocycles. The van der Waals surface area contributed by atoms with E-state index in [1.54, 1.807) is 0 Å².